The minimum atomic E-state index is -0.621. The van der Waals surface area contributed by atoms with E-state index in [9.17, 15) is 14.0 Å². The SMILES string of the molecule is Cc1ccc(-n2ncc3c(=O)n(NC(=O)c4cccc(F)c4)cnc32)cc1C. The lowest BCUT2D eigenvalue weighted by atomic mass is 10.1. The molecule has 0 spiro atoms. The van der Waals surface area contributed by atoms with E-state index in [1.807, 2.05) is 32.0 Å². The van der Waals surface area contributed by atoms with Crippen LogP contribution >= 0.6 is 0 Å². The molecule has 0 bridgehead atoms. The molecule has 0 fully saturated rings. The van der Waals surface area contributed by atoms with Crippen molar-refractivity contribution in [3.63, 3.8) is 0 Å². The molecule has 1 amide bonds. The highest BCUT2D eigenvalue weighted by Gasteiger charge is 2.14. The monoisotopic (exact) mass is 377 g/mol. The van der Waals surface area contributed by atoms with Crippen LogP contribution in [0.2, 0.25) is 0 Å². The molecule has 2 aromatic carbocycles. The zero-order valence-electron chi connectivity index (χ0n) is 15.2. The van der Waals surface area contributed by atoms with Crippen LogP contribution in [0.3, 0.4) is 0 Å². The lowest BCUT2D eigenvalue weighted by Gasteiger charge is -2.09. The standard InChI is InChI=1S/C20H16FN5O2/c1-12-6-7-16(8-13(12)2)26-18-17(10-23-26)20(28)25(11-22-18)24-19(27)14-4-3-5-15(21)9-14/h3-11H,1-2H3,(H,24,27). The van der Waals surface area contributed by atoms with Crippen LogP contribution in [0.4, 0.5) is 4.39 Å². The van der Waals surface area contributed by atoms with Gasteiger partial charge in [0.15, 0.2) is 5.65 Å². The van der Waals surface area contributed by atoms with Crippen molar-refractivity contribution in [2.45, 2.75) is 13.8 Å². The molecule has 0 saturated heterocycles. The molecule has 4 aromatic rings. The van der Waals surface area contributed by atoms with Gasteiger partial charge < -0.3 is 0 Å². The fourth-order valence-electron chi connectivity index (χ4n) is 2.84. The summed E-state index contributed by atoms with van der Waals surface area (Å²) in [4.78, 5) is 29.2. The highest BCUT2D eigenvalue weighted by atomic mass is 19.1. The van der Waals surface area contributed by atoms with E-state index in [2.05, 4.69) is 15.5 Å². The molecular formula is C20H16FN5O2. The Balaban J connectivity index is 1.71. The number of fused-ring (bicyclic) bond motifs is 1. The Morgan fingerprint density at radius 3 is 2.68 bits per heavy atom. The molecule has 0 aliphatic rings. The third kappa shape index (κ3) is 3.05. The number of amides is 1. The maximum absolute atomic E-state index is 13.3. The van der Waals surface area contributed by atoms with E-state index < -0.39 is 17.3 Å². The predicted octanol–water partition coefficient (Wildman–Crippen LogP) is 2.72. The van der Waals surface area contributed by atoms with E-state index in [1.54, 1.807) is 4.68 Å². The lowest BCUT2D eigenvalue weighted by Crippen LogP contribution is -2.33. The van der Waals surface area contributed by atoms with Gasteiger partial charge in [0, 0.05) is 5.56 Å². The first-order valence-electron chi connectivity index (χ1n) is 8.54. The third-order valence-electron chi connectivity index (χ3n) is 4.53. The summed E-state index contributed by atoms with van der Waals surface area (Å²) in [5.41, 5.74) is 5.43. The van der Waals surface area contributed by atoms with E-state index in [1.165, 1.54) is 30.7 Å². The van der Waals surface area contributed by atoms with Gasteiger partial charge in [-0.05, 0) is 55.3 Å². The molecule has 8 heteroatoms. The molecule has 0 saturated carbocycles. The number of halogens is 1. The van der Waals surface area contributed by atoms with E-state index >= 15 is 0 Å². The maximum Gasteiger partial charge on any atom is 0.283 e. The van der Waals surface area contributed by atoms with Crippen molar-refractivity contribution in [2.75, 3.05) is 5.43 Å². The van der Waals surface area contributed by atoms with Crippen LogP contribution in [0.1, 0.15) is 21.5 Å². The maximum atomic E-state index is 13.3. The Hall–Kier alpha value is -3.81. The van der Waals surface area contributed by atoms with Crippen molar-refractivity contribution in [3.05, 3.63) is 87.9 Å². The molecule has 140 valence electrons. The number of nitrogens with zero attached hydrogens (tertiary/aromatic N) is 4. The minimum Gasteiger partial charge on any atom is -0.267 e. The smallest absolute Gasteiger partial charge is 0.267 e. The first kappa shape index (κ1) is 17.6. The Bertz CT molecular complexity index is 1280. The molecule has 28 heavy (non-hydrogen) atoms. The van der Waals surface area contributed by atoms with Crippen LogP contribution in [0.5, 0.6) is 0 Å². The van der Waals surface area contributed by atoms with E-state index in [0.29, 0.717) is 5.65 Å². The summed E-state index contributed by atoms with van der Waals surface area (Å²) < 4.78 is 15.8. The molecule has 2 aromatic heterocycles. The second kappa shape index (κ2) is 6.73. The van der Waals surface area contributed by atoms with Crippen LogP contribution in [0.15, 0.2) is 59.8 Å². The second-order valence-corrected chi connectivity index (χ2v) is 6.43. The number of hydrogen-bond acceptors (Lipinski definition) is 4. The van der Waals surface area contributed by atoms with Gasteiger partial charge in [-0.25, -0.2) is 18.7 Å². The fraction of sp³-hybridized carbons (Fsp3) is 0.100. The molecule has 0 aliphatic carbocycles. The topological polar surface area (TPSA) is 81.8 Å². The van der Waals surface area contributed by atoms with Crippen LogP contribution in [-0.4, -0.2) is 25.3 Å². The van der Waals surface area contributed by atoms with Crippen molar-refractivity contribution < 1.29 is 9.18 Å². The Kier molecular flexibility index (Phi) is 4.23. The van der Waals surface area contributed by atoms with Gasteiger partial charge in [-0.2, -0.15) is 5.10 Å². The van der Waals surface area contributed by atoms with Gasteiger partial charge in [-0.15, -0.1) is 0 Å². The number of nitrogens with one attached hydrogen (secondary N) is 1. The quantitative estimate of drug-likeness (QED) is 0.595. The first-order chi connectivity index (χ1) is 13.4. The summed E-state index contributed by atoms with van der Waals surface area (Å²) in [5, 5.41) is 4.52. The van der Waals surface area contributed by atoms with Crippen LogP contribution in [0, 0.1) is 19.7 Å². The Labute approximate surface area is 159 Å². The van der Waals surface area contributed by atoms with Crippen molar-refractivity contribution in [1.29, 1.82) is 0 Å². The van der Waals surface area contributed by atoms with Gasteiger partial charge in [0.1, 0.15) is 17.5 Å². The van der Waals surface area contributed by atoms with Gasteiger partial charge in [-0.3, -0.25) is 15.0 Å². The molecule has 4 rings (SSSR count). The van der Waals surface area contributed by atoms with Crippen LogP contribution in [-0.2, 0) is 0 Å². The molecule has 0 aliphatic heterocycles. The normalized spacial score (nSPS) is 11.0. The van der Waals surface area contributed by atoms with Crippen molar-refractivity contribution in [2.24, 2.45) is 0 Å². The highest BCUT2D eigenvalue weighted by Crippen LogP contribution is 2.17. The zero-order valence-corrected chi connectivity index (χ0v) is 15.2. The largest absolute Gasteiger partial charge is 0.283 e. The number of benzene rings is 2. The summed E-state index contributed by atoms with van der Waals surface area (Å²) in [7, 11) is 0. The van der Waals surface area contributed by atoms with Gasteiger partial charge in [0.05, 0.1) is 11.9 Å². The molecule has 0 atom stereocenters. The number of aryl methyl sites for hydroxylation is 2. The summed E-state index contributed by atoms with van der Waals surface area (Å²) >= 11 is 0. The Morgan fingerprint density at radius 1 is 1.11 bits per heavy atom. The van der Waals surface area contributed by atoms with Crippen LogP contribution in [0.25, 0.3) is 16.7 Å². The summed E-state index contributed by atoms with van der Waals surface area (Å²) in [6.45, 7) is 4.01. The van der Waals surface area contributed by atoms with Gasteiger partial charge >= 0.3 is 0 Å². The highest BCUT2D eigenvalue weighted by molar-refractivity contribution is 6.00. The van der Waals surface area contributed by atoms with Crippen molar-refractivity contribution in [1.82, 2.24) is 19.4 Å². The first-order valence-corrected chi connectivity index (χ1v) is 8.54. The molecule has 2 heterocycles. The molecule has 7 nitrogen and oxygen atoms in total. The summed E-state index contributed by atoms with van der Waals surface area (Å²) in [6, 6.07) is 11.0. The fourth-order valence-corrected chi connectivity index (χ4v) is 2.84. The molecule has 0 unspecified atom stereocenters. The summed E-state index contributed by atoms with van der Waals surface area (Å²) in [5.74, 6) is -1.16. The Morgan fingerprint density at radius 2 is 1.93 bits per heavy atom. The number of rotatable bonds is 3. The second-order valence-electron chi connectivity index (χ2n) is 6.43. The minimum absolute atomic E-state index is 0.0952. The van der Waals surface area contributed by atoms with E-state index in [4.69, 9.17) is 0 Å². The van der Waals surface area contributed by atoms with Gasteiger partial charge in [0.25, 0.3) is 11.5 Å². The third-order valence-corrected chi connectivity index (χ3v) is 4.53. The number of carbonyl (C=O) groups excluding carboxylic acids is 1. The molecule has 0 radical (unpaired) electrons. The number of aromatic nitrogens is 4. The average molecular weight is 377 g/mol. The number of carbonyl (C=O) groups is 1. The molecular weight excluding hydrogens is 361 g/mol. The van der Waals surface area contributed by atoms with Crippen molar-refractivity contribution in [3.8, 4) is 5.69 Å². The van der Waals surface area contributed by atoms with Crippen LogP contribution < -0.4 is 11.0 Å². The number of hydrogen-bond donors (Lipinski definition) is 1. The van der Waals surface area contributed by atoms with Crippen molar-refractivity contribution >= 4 is 16.9 Å². The van der Waals surface area contributed by atoms with Gasteiger partial charge in [-0.1, -0.05) is 12.1 Å². The summed E-state index contributed by atoms with van der Waals surface area (Å²) in [6.07, 6.45) is 2.62. The van der Waals surface area contributed by atoms with Gasteiger partial charge in [0.2, 0.25) is 0 Å². The average Bonchev–Trinajstić information content (AvgIpc) is 3.11. The molecule has 1 N–H and O–H groups in total. The predicted molar refractivity (Wildman–Crippen MR) is 103 cm³/mol. The van der Waals surface area contributed by atoms with E-state index in [0.717, 1.165) is 27.6 Å². The van der Waals surface area contributed by atoms with E-state index in [-0.39, 0.29) is 10.9 Å². The zero-order chi connectivity index (χ0) is 19.8. The lowest BCUT2D eigenvalue weighted by molar-refractivity contribution is 0.101.